The number of methoxy groups -OCH3 is 1. The Kier molecular flexibility index (Phi) is 5.49. The van der Waals surface area contributed by atoms with Crippen LogP contribution >= 0.6 is 0 Å². The smallest absolute Gasteiger partial charge is 0.278 e. The van der Waals surface area contributed by atoms with E-state index in [0.717, 1.165) is 11.4 Å². The van der Waals surface area contributed by atoms with E-state index in [9.17, 15) is 9.59 Å². The number of rotatable bonds is 7. The topological polar surface area (TPSA) is 61.9 Å². The zero-order chi connectivity index (χ0) is 20.3. The van der Waals surface area contributed by atoms with Crippen LogP contribution in [0.15, 0.2) is 66.9 Å². The van der Waals surface area contributed by atoms with Crippen LogP contribution in [0.3, 0.4) is 0 Å². The molecule has 1 aliphatic rings. The van der Waals surface area contributed by atoms with Crippen molar-refractivity contribution in [2.24, 2.45) is 0 Å². The number of benzene rings is 2. The van der Waals surface area contributed by atoms with Crippen molar-refractivity contribution in [3.8, 4) is 5.75 Å². The molecule has 0 saturated heterocycles. The second-order valence-corrected chi connectivity index (χ2v) is 6.55. The molecule has 0 unspecified atom stereocenters. The summed E-state index contributed by atoms with van der Waals surface area (Å²) in [6, 6.07) is 14.7. The van der Waals surface area contributed by atoms with Gasteiger partial charge >= 0.3 is 0 Å². The minimum Gasteiger partial charge on any atom is -0.497 e. The predicted octanol–water partition coefficient (Wildman–Crippen LogP) is 3.14. The van der Waals surface area contributed by atoms with E-state index >= 15 is 0 Å². The Bertz CT molecular complexity index is 929. The quantitative estimate of drug-likeness (QED) is 0.593. The Labute approximate surface area is 164 Å². The van der Waals surface area contributed by atoms with Gasteiger partial charge in [-0.3, -0.25) is 14.5 Å². The molecule has 2 aromatic rings. The van der Waals surface area contributed by atoms with Gasteiger partial charge in [-0.25, -0.2) is 0 Å². The lowest BCUT2D eigenvalue weighted by molar-refractivity contribution is -0.136. The van der Waals surface area contributed by atoms with Crippen molar-refractivity contribution in [1.29, 1.82) is 0 Å². The Morgan fingerprint density at radius 3 is 2.21 bits per heavy atom. The maximum Gasteiger partial charge on any atom is 0.278 e. The molecular formula is C22H23N3O3. The fourth-order valence-corrected chi connectivity index (χ4v) is 3.00. The minimum atomic E-state index is -0.368. The van der Waals surface area contributed by atoms with E-state index in [4.69, 9.17) is 4.74 Å². The van der Waals surface area contributed by atoms with Gasteiger partial charge in [-0.05, 0) is 42.0 Å². The Morgan fingerprint density at radius 2 is 1.68 bits per heavy atom. The van der Waals surface area contributed by atoms with E-state index in [2.05, 4.69) is 11.9 Å². The van der Waals surface area contributed by atoms with Crippen LogP contribution in [0.2, 0.25) is 0 Å². The summed E-state index contributed by atoms with van der Waals surface area (Å²) in [6.07, 6.45) is 1.54. The van der Waals surface area contributed by atoms with E-state index in [0.29, 0.717) is 16.9 Å². The lowest BCUT2D eigenvalue weighted by atomic mass is 10.0. The average molecular weight is 377 g/mol. The molecule has 28 heavy (non-hydrogen) atoms. The highest BCUT2D eigenvalue weighted by atomic mass is 16.5. The van der Waals surface area contributed by atoms with Crippen LogP contribution in [0.4, 0.5) is 11.4 Å². The molecule has 0 fully saturated rings. The van der Waals surface area contributed by atoms with Gasteiger partial charge in [-0.15, -0.1) is 6.58 Å². The third kappa shape index (κ3) is 3.62. The Hall–Kier alpha value is -3.54. The fourth-order valence-electron chi connectivity index (χ4n) is 3.00. The Morgan fingerprint density at radius 1 is 1.04 bits per heavy atom. The van der Waals surface area contributed by atoms with Crippen LogP contribution in [0.5, 0.6) is 5.75 Å². The van der Waals surface area contributed by atoms with E-state index in [1.165, 1.54) is 11.0 Å². The first-order valence-electron chi connectivity index (χ1n) is 8.86. The van der Waals surface area contributed by atoms with E-state index in [-0.39, 0.29) is 24.1 Å². The molecule has 0 atom stereocenters. The summed E-state index contributed by atoms with van der Waals surface area (Å²) in [5.74, 6) is -0.0345. The lowest BCUT2D eigenvalue weighted by Gasteiger charge is -2.14. The van der Waals surface area contributed by atoms with Crippen molar-refractivity contribution < 1.29 is 14.3 Å². The number of ether oxygens (including phenoxy) is 1. The summed E-state index contributed by atoms with van der Waals surface area (Å²) in [4.78, 5) is 29.0. The molecule has 1 heterocycles. The summed E-state index contributed by atoms with van der Waals surface area (Å²) in [7, 11) is 5.49. The molecule has 3 rings (SSSR count). The van der Waals surface area contributed by atoms with Gasteiger partial charge in [-0.1, -0.05) is 18.2 Å². The first kappa shape index (κ1) is 19.2. The van der Waals surface area contributed by atoms with Gasteiger partial charge in [0, 0.05) is 32.0 Å². The third-order valence-electron chi connectivity index (χ3n) is 4.51. The van der Waals surface area contributed by atoms with Crippen molar-refractivity contribution >= 4 is 28.8 Å². The maximum atomic E-state index is 12.9. The van der Waals surface area contributed by atoms with Crippen molar-refractivity contribution in [3.63, 3.8) is 0 Å². The second-order valence-electron chi connectivity index (χ2n) is 6.55. The van der Waals surface area contributed by atoms with Crippen LogP contribution in [0.1, 0.15) is 5.56 Å². The number of carbonyl (C=O) groups is 2. The minimum absolute atomic E-state index is 0.155. The van der Waals surface area contributed by atoms with E-state index in [1.807, 2.05) is 43.3 Å². The molecule has 0 aromatic heterocycles. The molecule has 0 aliphatic carbocycles. The van der Waals surface area contributed by atoms with Gasteiger partial charge in [0.05, 0.1) is 12.7 Å². The number of nitrogens with one attached hydrogen (secondary N) is 1. The number of hydrogen-bond donors (Lipinski definition) is 1. The van der Waals surface area contributed by atoms with Crippen molar-refractivity contribution in [2.75, 3.05) is 38.0 Å². The standard InChI is InChI=1S/C22H23N3O3/c1-5-14-25-21(26)19(15-6-12-18(28-4)13-7-15)20(22(25)27)23-16-8-10-17(11-9-16)24(2)3/h5-13,23H,1,14H2,2-4H3. The molecule has 6 nitrogen and oxygen atoms in total. The van der Waals surface area contributed by atoms with Crippen LogP contribution in [0.25, 0.3) is 5.57 Å². The highest BCUT2D eigenvalue weighted by molar-refractivity contribution is 6.36. The highest BCUT2D eigenvalue weighted by Gasteiger charge is 2.38. The van der Waals surface area contributed by atoms with Crippen LogP contribution in [-0.2, 0) is 9.59 Å². The number of amides is 2. The molecular weight excluding hydrogens is 354 g/mol. The summed E-state index contributed by atoms with van der Waals surface area (Å²) in [6.45, 7) is 3.80. The molecule has 0 spiro atoms. The average Bonchev–Trinajstić information content (AvgIpc) is 2.93. The highest BCUT2D eigenvalue weighted by Crippen LogP contribution is 2.31. The van der Waals surface area contributed by atoms with Gasteiger partial charge in [0.2, 0.25) is 0 Å². The van der Waals surface area contributed by atoms with Gasteiger partial charge in [0.25, 0.3) is 11.8 Å². The number of carbonyl (C=O) groups excluding carboxylic acids is 2. The van der Waals surface area contributed by atoms with Crippen molar-refractivity contribution in [3.05, 3.63) is 72.4 Å². The summed E-state index contributed by atoms with van der Waals surface area (Å²) in [5, 5.41) is 3.14. The molecule has 2 amide bonds. The molecule has 0 saturated carbocycles. The Balaban J connectivity index is 2.01. The molecule has 6 heteroatoms. The number of anilines is 2. The normalized spacial score (nSPS) is 13.8. The number of hydrogen-bond acceptors (Lipinski definition) is 5. The van der Waals surface area contributed by atoms with Crippen LogP contribution < -0.4 is 15.0 Å². The molecule has 0 bridgehead atoms. The molecule has 2 aromatic carbocycles. The number of imide groups is 1. The van der Waals surface area contributed by atoms with E-state index < -0.39 is 0 Å². The van der Waals surface area contributed by atoms with E-state index in [1.54, 1.807) is 31.4 Å². The zero-order valence-electron chi connectivity index (χ0n) is 16.2. The summed E-state index contributed by atoms with van der Waals surface area (Å²) >= 11 is 0. The van der Waals surface area contributed by atoms with Crippen molar-refractivity contribution in [2.45, 2.75) is 0 Å². The maximum absolute atomic E-state index is 12.9. The fraction of sp³-hybridized carbons (Fsp3) is 0.182. The van der Waals surface area contributed by atoms with Gasteiger partial charge in [0.15, 0.2) is 0 Å². The van der Waals surface area contributed by atoms with Gasteiger partial charge in [0.1, 0.15) is 11.4 Å². The summed E-state index contributed by atoms with van der Waals surface area (Å²) < 4.78 is 5.18. The van der Waals surface area contributed by atoms with Crippen molar-refractivity contribution in [1.82, 2.24) is 4.90 Å². The predicted molar refractivity (Wildman–Crippen MR) is 111 cm³/mol. The lowest BCUT2D eigenvalue weighted by Crippen LogP contribution is -2.32. The monoisotopic (exact) mass is 377 g/mol. The molecule has 144 valence electrons. The van der Waals surface area contributed by atoms with Gasteiger partial charge in [-0.2, -0.15) is 0 Å². The summed E-state index contributed by atoms with van der Waals surface area (Å²) in [5.41, 5.74) is 3.02. The SMILES string of the molecule is C=CCN1C(=O)C(Nc2ccc(N(C)C)cc2)=C(c2ccc(OC)cc2)C1=O. The molecule has 1 N–H and O–H groups in total. The van der Waals surface area contributed by atoms with Gasteiger partial charge < -0.3 is 15.0 Å². The first-order valence-corrected chi connectivity index (χ1v) is 8.86. The van der Waals surface area contributed by atoms with Crippen LogP contribution in [0, 0.1) is 0 Å². The second kappa shape index (κ2) is 8.00. The first-order chi connectivity index (χ1) is 13.5. The largest absolute Gasteiger partial charge is 0.497 e. The zero-order valence-corrected chi connectivity index (χ0v) is 16.2. The number of nitrogens with zero attached hydrogens (tertiary/aromatic N) is 2. The van der Waals surface area contributed by atoms with Crippen LogP contribution in [-0.4, -0.2) is 44.5 Å². The molecule has 0 radical (unpaired) electrons. The molecule has 1 aliphatic heterocycles. The third-order valence-corrected chi connectivity index (χ3v) is 4.51.